The summed E-state index contributed by atoms with van der Waals surface area (Å²) in [5.74, 6) is -0.623. The number of anilines is 2. The van der Waals surface area contributed by atoms with E-state index in [-0.39, 0.29) is 0 Å². The number of aryl methyl sites for hydroxylation is 1. The van der Waals surface area contributed by atoms with Crippen molar-refractivity contribution in [3.63, 3.8) is 0 Å². The molecule has 7 heteroatoms. The Balaban J connectivity index is 1.68. The predicted molar refractivity (Wildman–Crippen MR) is 130 cm³/mol. The van der Waals surface area contributed by atoms with E-state index < -0.39 is 17.7 Å². The van der Waals surface area contributed by atoms with Crippen molar-refractivity contribution in [3.05, 3.63) is 69.7 Å². The largest absolute Gasteiger partial charge is 0.359 e. The van der Waals surface area contributed by atoms with E-state index in [2.05, 4.69) is 32.6 Å². The molecule has 0 radical (unpaired) electrons. The average Bonchev–Trinajstić information content (AvgIpc) is 2.80. The molecule has 2 aromatic rings. The smallest absolute Gasteiger partial charge is 0.329 e. The van der Waals surface area contributed by atoms with Crippen LogP contribution < -0.4 is 15.5 Å². The molecule has 0 spiro atoms. The van der Waals surface area contributed by atoms with Gasteiger partial charge in [0.25, 0.3) is 11.6 Å². The van der Waals surface area contributed by atoms with Gasteiger partial charge in [0, 0.05) is 22.3 Å². The molecule has 0 bridgehead atoms. The van der Waals surface area contributed by atoms with Gasteiger partial charge in [-0.3, -0.25) is 9.69 Å². The molecule has 0 fully saturated rings. The van der Waals surface area contributed by atoms with Gasteiger partial charge in [0.2, 0.25) is 0 Å². The van der Waals surface area contributed by atoms with Crippen LogP contribution in [0.2, 0.25) is 0 Å². The van der Waals surface area contributed by atoms with Crippen LogP contribution in [0, 0.1) is 0 Å². The van der Waals surface area contributed by atoms with Crippen LogP contribution in [0.1, 0.15) is 50.2 Å². The lowest BCUT2D eigenvalue weighted by atomic mass is 9.94. The highest BCUT2D eigenvalue weighted by Gasteiger charge is 2.52. The van der Waals surface area contributed by atoms with Crippen LogP contribution >= 0.6 is 15.9 Å². The number of rotatable bonds is 6. The van der Waals surface area contributed by atoms with Gasteiger partial charge < -0.3 is 15.7 Å². The minimum atomic E-state index is -2.18. The molecule has 3 amide bonds. The number of halogens is 1. The summed E-state index contributed by atoms with van der Waals surface area (Å²) < 4.78 is 0.701. The molecule has 1 aliphatic carbocycles. The molecule has 0 saturated carbocycles. The summed E-state index contributed by atoms with van der Waals surface area (Å²) in [4.78, 5) is 27.7. The fraction of sp³-hybridized carbons (Fsp3) is 0.360. The van der Waals surface area contributed by atoms with Crippen LogP contribution in [-0.2, 0) is 16.9 Å². The maximum Gasteiger partial charge on any atom is 0.329 e. The zero-order valence-corrected chi connectivity index (χ0v) is 19.7. The Morgan fingerprint density at radius 3 is 2.69 bits per heavy atom. The second-order valence-corrected chi connectivity index (χ2v) is 9.18. The van der Waals surface area contributed by atoms with Crippen LogP contribution in [-0.4, -0.2) is 23.6 Å². The highest BCUT2D eigenvalue weighted by molar-refractivity contribution is 9.10. The predicted octanol–water partition coefficient (Wildman–Crippen LogP) is 5.22. The fourth-order valence-electron chi connectivity index (χ4n) is 4.35. The topological polar surface area (TPSA) is 81.7 Å². The van der Waals surface area contributed by atoms with Crippen molar-refractivity contribution in [2.24, 2.45) is 0 Å². The standard InChI is InChI=1S/C25H28BrN3O3/c1-2-17-8-11-20(12-9-17)29-24(31)28-22-13-10-19(26)16-21(22)25(29,32)23(30)27-15-14-18-6-4-3-5-7-18/h6,8-13,16,32H,2-5,7,14-15H2,1H3,(H,27,30)(H,28,31). The monoisotopic (exact) mass is 497 g/mol. The molecule has 4 rings (SSSR count). The number of benzene rings is 2. The number of carbonyl (C=O) groups excluding carboxylic acids is 2. The summed E-state index contributed by atoms with van der Waals surface area (Å²) in [5.41, 5.74) is 1.42. The van der Waals surface area contributed by atoms with E-state index in [9.17, 15) is 14.7 Å². The second kappa shape index (κ2) is 9.46. The number of allylic oxidation sites excluding steroid dienone is 1. The zero-order chi connectivity index (χ0) is 22.7. The van der Waals surface area contributed by atoms with Crippen molar-refractivity contribution in [2.45, 2.75) is 51.2 Å². The number of nitrogens with one attached hydrogen (secondary N) is 2. The summed E-state index contributed by atoms with van der Waals surface area (Å²) in [6, 6.07) is 11.9. The lowest BCUT2D eigenvalue weighted by Crippen LogP contribution is -2.62. The van der Waals surface area contributed by atoms with Crippen molar-refractivity contribution >= 4 is 39.2 Å². The van der Waals surface area contributed by atoms with Gasteiger partial charge in [0.15, 0.2) is 0 Å². The third-order valence-corrected chi connectivity index (χ3v) is 6.65. The number of aliphatic hydroxyl groups is 1. The number of nitrogens with zero attached hydrogens (tertiary/aromatic N) is 1. The Hall–Kier alpha value is -2.64. The number of urea groups is 1. The quantitative estimate of drug-likeness (QED) is 0.478. The molecule has 1 aliphatic heterocycles. The van der Waals surface area contributed by atoms with Crippen LogP contribution in [0.25, 0.3) is 0 Å². The maximum absolute atomic E-state index is 13.5. The molecule has 2 aliphatic rings. The molecule has 1 unspecified atom stereocenters. The number of fused-ring (bicyclic) bond motifs is 1. The van der Waals surface area contributed by atoms with Crippen molar-refractivity contribution in [2.75, 3.05) is 16.8 Å². The van der Waals surface area contributed by atoms with E-state index in [4.69, 9.17) is 0 Å². The van der Waals surface area contributed by atoms with Crippen molar-refractivity contribution < 1.29 is 14.7 Å². The Kier molecular flexibility index (Phi) is 6.67. The molecular formula is C25H28BrN3O3. The summed E-state index contributed by atoms with van der Waals surface area (Å²) >= 11 is 3.42. The van der Waals surface area contributed by atoms with Gasteiger partial charge in [-0.05, 0) is 74.4 Å². The summed E-state index contributed by atoms with van der Waals surface area (Å²) in [7, 11) is 0. The first-order chi connectivity index (χ1) is 15.4. The summed E-state index contributed by atoms with van der Waals surface area (Å²) in [6.45, 7) is 2.45. The third kappa shape index (κ3) is 4.32. The maximum atomic E-state index is 13.5. The highest BCUT2D eigenvalue weighted by Crippen LogP contribution is 2.41. The van der Waals surface area contributed by atoms with Crippen LogP contribution in [0.5, 0.6) is 0 Å². The molecule has 32 heavy (non-hydrogen) atoms. The van der Waals surface area contributed by atoms with Crippen LogP contribution in [0.4, 0.5) is 16.2 Å². The second-order valence-electron chi connectivity index (χ2n) is 8.26. The lowest BCUT2D eigenvalue weighted by molar-refractivity contribution is -0.140. The van der Waals surface area contributed by atoms with Crippen molar-refractivity contribution in [1.29, 1.82) is 0 Å². The number of amides is 3. The molecule has 168 valence electrons. The van der Waals surface area contributed by atoms with E-state index in [1.807, 2.05) is 19.1 Å². The first-order valence-corrected chi connectivity index (χ1v) is 11.9. The van der Waals surface area contributed by atoms with Gasteiger partial charge in [0.1, 0.15) is 0 Å². The van der Waals surface area contributed by atoms with Gasteiger partial charge in [-0.25, -0.2) is 4.79 Å². The lowest BCUT2D eigenvalue weighted by Gasteiger charge is -2.42. The SMILES string of the molecule is CCc1ccc(N2C(=O)Nc3ccc(Br)cc3C2(O)C(=O)NCCC2=CCCCC2)cc1. The average molecular weight is 498 g/mol. The van der Waals surface area contributed by atoms with E-state index in [0.717, 1.165) is 36.1 Å². The van der Waals surface area contributed by atoms with Gasteiger partial charge in [0.05, 0.1) is 5.69 Å². The normalized spacial score (nSPS) is 20.3. The Bertz CT molecular complexity index is 1050. The van der Waals surface area contributed by atoms with E-state index in [1.165, 1.54) is 18.4 Å². The fourth-order valence-corrected chi connectivity index (χ4v) is 4.71. The number of hydrogen-bond donors (Lipinski definition) is 3. The first-order valence-electron chi connectivity index (χ1n) is 11.1. The zero-order valence-electron chi connectivity index (χ0n) is 18.2. The minimum absolute atomic E-state index is 0.320. The minimum Gasteiger partial charge on any atom is -0.359 e. The molecule has 6 nitrogen and oxygen atoms in total. The molecule has 2 aromatic carbocycles. The Labute approximate surface area is 196 Å². The van der Waals surface area contributed by atoms with Crippen molar-refractivity contribution in [1.82, 2.24) is 5.32 Å². The molecule has 3 N–H and O–H groups in total. The number of hydrogen-bond acceptors (Lipinski definition) is 3. The third-order valence-electron chi connectivity index (χ3n) is 6.16. The summed E-state index contributed by atoms with van der Waals surface area (Å²) in [6.07, 6.45) is 8.35. The van der Waals surface area contributed by atoms with E-state index in [0.29, 0.717) is 28.0 Å². The van der Waals surface area contributed by atoms with E-state index in [1.54, 1.807) is 30.3 Å². The van der Waals surface area contributed by atoms with Crippen LogP contribution in [0.3, 0.4) is 0 Å². The molecule has 1 atom stereocenters. The Morgan fingerprint density at radius 1 is 1.22 bits per heavy atom. The molecule has 1 heterocycles. The highest BCUT2D eigenvalue weighted by atomic mass is 79.9. The molecule has 0 saturated heterocycles. The number of carbonyl (C=O) groups is 2. The van der Waals surface area contributed by atoms with Gasteiger partial charge in [-0.15, -0.1) is 0 Å². The Morgan fingerprint density at radius 2 is 2.00 bits per heavy atom. The molecule has 0 aromatic heterocycles. The van der Waals surface area contributed by atoms with Gasteiger partial charge in [-0.1, -0.05) is 46.6 Å². The van der Waals surface area contributed by atoms with E-state index >= 15 is 0 Å². The van der Waals surface area contributed by atoms with Gasteiger partial charge >= 0.3 is 6.03 Å². The first kappa shape index (κ1) is 22.6. The van der Waals surface area contributed by atoms with Crippen molar-refractivity contribution in [3.8, 4) is 0 Å². The van der Waals surface area contributed by atoms with Crippen LogP contribution in [0.15, 0.2) is 58.6 Å². The molecular weight excluding hydrogens is 470 g/mol. The van der Waals surface area contributed by atoms with Gasteiger partial charge in [-0.2, -0.15) is 0 Å². The summed E-state index contributed by atoms with van der Waals surface area (Å²) in [5, 5.41) is 17.6.